The Kier molecular flexibility index (Phi) is 3.36. The summed E-state index contributed by atoms with van der Waals surface area (Å²) in [5, 5.41) is 9.49. The summed E-state index contributed by atoms with van der Waals surface area (Å²) in [6.45, 7) is 0. The first-order valence-corrected chi connectivity index (χ1v) is 6.86. The van der Waals surface area contributed by atoms with E-state index in [4.69, 9.17) is 5.73 Å². The Morgan fingerprint density at radius 2 is 1.82 bits per heavy atom. The molecule has 0 unspecified atom stereocenters. The second-order valence-electron chi connectivity index (χ2n) is 4.33. The van der Waals surface area contributed by atoms with Crippen LogP contribution in [0.15, 0.2) is 41.3 Å². The van der Waals surface area contributed by atoms with Gasteiger partial charge in [0.05, 0.1) is 5.69 Å². The maximum absolute atomic E-state index is 12.7. The topological polar surface area (TPSA) is 77.0 Å². The van der Waals surface area contributed by atoms with Crippen LogP contribution in [0.3, 0.4) is 0 Å². The van der Waals surface area contributed by atoms with Crippen LogP contribution in [0.4, 0.5) is 19.1 Å². The molecule has 0 saturated heterocycles. The fourth-order valence-electron chi connectivity index (χ4n) is 2.06. The Morgan fingerprint density at radius 1 is 1.09 bits per heavy atom. The van der Waals surface area contributed by atoms with Gasteiger partial charge in [-0.05, 0) is 30.0 Å². The molecule has 5 nitrogen and oxygen atoms in total. The number of nitrogen functional groups attached to an aromatic ring is 1. The number of hydrogen-bond donors (Lipinski definition) is 2. The second-order valence-corrected chi connectivity index (χ2v) is 5.44. The first kappa shape index (κ1) is 14.5. The average Bonchev–Trinajstić information content (AvgIpc) is 2.73. The number of para-hydroxylation sites is 1. The first-order valence-electron chi connectivity index (χ1n) is 6.04. The fraction of sp³-hybridized carbons (Fsp3) is 0.0769. The maximum atomic E-state index is 12.7. The number of pyridine rings is 1. The minimum Gasteiger partial charge on any atom is -0.493 e. The lowest BCUT2D eigenvalue weighted by molar-refractivity contribution is -0.0328. The molecule has 1 aromatic carbocycles. The van der Waals surface area contributed by atoms with Crippen molar-refractivity contribution in [1.82, 2.24) is 14.5 Å². The number of anilines is 1. The molecule has 0 aliphatic rings. The molecule has 0 radical (unpaired) electrons. The maximum Gasteiger partial charge on any atom is 0.446 e. The van der Waals surface area contributed by atoms with Gasteiger partial charge in [0.2, 0.25) is 11.8 Å². The van der Waals surface area contributed by atoms with Crippen LogP contribution in [-0.2, 0) is 0 Å². The van der Waals surface area contributed by atoms with Gasteiger partial charge in [0.15, 0.2) is 5.65 Å². The Bertz CT molecular complexity index is 847. The number of nitrogens with two attached hydrogens (primary N) is 1. The largest absolute Gasteiger partial charge is 0.493 e. The number of benzene rings is 1. The minimum absolute atomic E-state index is 0.0108. The molecule has 22 heavy (non-hydrogen) atoms. The van der Waals surface area contributed by atoms with Gasteiger partial charge in [-0.1, -0.05) is 12.1 Å². The van der Waals surface area contributed by atoms with Crippen molar-refractivity contribution in [3.63, 3.8) is 0 Å². The Balaban J connectivity index is 2.24. The van der Waals surface area contributed by atoms with E-state index < -0.39 is 5.51 Å². The van der Waals surface area contributed by atoms with E-state index in [1.165, 1.54) is 34.9 Å². The number of imidazole rings is 1. The Hall–Kier alpha value is -2.42. The third-order valence-electron chi connectivity index (χ3n) is 2.85. The highest BCUT2D eigenvalue weighted by Crippen LogP contribution is 2.40. The molecule has 0 amide bonds. The normalized spacial score (nSPS) is 12.0. The molecule has 0 atom stereocenters. The first-order chi connectivity index (χ1) is 10.3. The van der Waals surface area contributed by atoms with Crippen LogP contribution in [0.25, 0.3) is 16.9 Å². The SMILES string of the molecule is Nc1nc2ccc(O)nc2n1-c1ccccc1SC(F)(F)F. The van der Waals surface area contributed by atoms with E-state index in [1.807, 2.05) is 0 Å². The number of hydrogen-bond acceptors (Lipinski definition) is 5. The zero-order chi connectivity index (χ0) is 15.9. The van der Waals surface area contributed by atoms with Gasteiger partial charge in [-0.25, -0.2) is 4.98 Å². The van der Waals surface area contributed by atoms with Gasteiger partial charge in [0.25, 0.3) is 0 Å². The van der Waals surface area contributed by atoms with Crippen LogP contribution in [0.1, 0.15) is 0 Å². The van der Waals surface area contributed by atoms with Crippen LogP contribution < -0.4 is 5.73 Å². The molecule has 2 aromatic heterocycles. The summed E-state index contributed by atoms with van der Waals surface area (Å²) in [5.41, 5.74) is 2.14. The molecule has 2 heterocycles. The number of fused-ring (bicyclic) bond motifs is 1. The molecular formula is C13H9F3N4OS. The lowest BCUT2D eigenvalue weighted by atomic mass is 10.3. The molecule has 0 spiro atoms. The molecule has 0 fully saturated rings. The van der Waals surface area contributed by atoms with E-state index in [2.05, 4.69) is 9.97 Å². The van der Waals surface area contributed by atoms with Gasteiger partial charge in [0.1, 0.15) is 5.52 Å². The smallest absolute Gasteiger partial charge is 0.446 e. The molecular weight excluding hydrogens is 317 g/mol. The predicted molar refractivity (Wildman–Crippen MR) is 76.9 cm³/mol. The zero-order valence-corrected chi connectivity index (χ0v) is 11.7. The molecule has 114 valence electrons. The van der Waals surface area contributed by atoms with E-state index in [-0.39, 0.29) is 39.8 Å². The Morgan fingerprint density at radius 3 is 2.55 bits per heavy atom. The third kappa shape index (κ3) is 2.67. The quantitative estimate of drug-likeness (QED) is 0.707. The van der Waals surface area contributed by atoms with E-state index in [0.717, 1.165) is 0 Å². The molecule has 0 aliphatic carbocycles. The zero-order valence-electron chi connectivity index (χ0n) is 10.9. The van der Waals surface area contributed by atoms with Gasteiger partial charge < -0.3 is 10.8 Å². The van der Waals surface area contributed by atoms with Crippen LogP contribution in [0, 0.1) is 0 Å². The van der Waals surface area contributed by atoms with Crippen LogP contribution in [0.5, 0.6) is 5.88 Å². The van der Waals surface area contributed by atoms with Crippen molar-refractivity contribution in [2.45, 2.75) is 10.4 Å². The van der Waals surface area contributed by atoms with Gasteiger partial charge in [0, 0.05) is 11.0 Å². The highest BCUT2D eigenvalue weighted by Gasteiger charge is 2.31. The van der Waals surface area contributed by atoms with Crippen molar-refractivity contribution in [3.05, 3.63) is 36.4 Å². The van der Waals surface area contributed by atoms with Crippen LogP contribution in [0.2, 0.25) is 0 Å². The highest BCUT2D eigenvalue weighted by atomic mass is 32.2. The predicted octanol–water partition coefficient (Wildman–Crippen LogP) is 3.32. The number of aromatic hydroxyl groups is 1. The van der Waals surface area contributed by atoms with Crippen LogP contribution in [-0.4, -0.2) is 25.1 Å². The van der Waals surface area contributed by atoms with Crippen molar-refractivity contribution in [1.29, 1.82) is 0 Å². The monoisotopic (exact) mass is 326 g/mol. The number of aromatic nitrogens is 3. The summed E-state index contributed by atoms with van der Waals surface area (Å²) in [5.74, 6) is -0.280. The van der Waals surface area contributed by atoms with Gasteiger partial charge in [-0.2, -0.15) is 18.2 Å². The molecule has 0 saturated carbocycles. The van der Waals surface area contributed by atoms with E-state index >= 15 is 0 Å². The Labute approximate surface area is 126 Å². The molecule has 0 bridgehead atoms. The second kappa shape index (κ2) is 5.09. The molecule has 3 N–H and O–H groups in total. The number of rotatable bonds is 2. The molecule has 9 heteroatoms. The van der Waals surface area contributed by atoms with Crippen molar-refractivity contribution < 1.29 is 18.3 Å². The summed E-state index contributed by atoms with van der Waals surface area (Å²) in [6, 6.07) is 8.72. The number of alkyl halides is 3. The average molecular weight is 326 g/mol. The standard InChI is InChI=1S/C13H9F3N4OS/c14-13(15,16)22-9-4-2-1-3-8(9)20-11-7(18-12(20)17)5-6-10(21)19-11/h1-6H,(H2,17,18)(H,19,21). The number of thioether (sulfide) groups is 1. The van der Waals surface area contributed by atoms with E-state index in [1.54, 1.807) is 6.07 Å². The minimum atomic E-state index is -4.43. The number of nitrogens with zero attached hydrogens (tertiary/aromatic N) is 3. The summed E-state index contributed by atoms with van der Waals surface area (Å²) < 4.78 is 39.4. The molecule has 3 aromatic rings. The van der Waals surface area contributed by atoms with E-state index in [9.17, 15) is 18.3 Å². The van der Waals surface area contributed by atoms with Crippen molar-refractivity contribution >= 4 is 28.9 Å². The summed E-state index contributed by atoms with van der Waals surface area (Å²) in [7, 11) is 0. The van der Waals surface area contributed by atoms with Crippen LogP contribution >= 0.6 is 11.8 Å². The number of halogens is 3. The van der Waals surface area contributed by atoms with Crippen molar-refractivity contribution in [3.8, 4) is 11.6 Å². The lowest BCUT2D eigenvalue weighted by Gasteiger charge is -2.13. The highest BCUT2D eigenvalue weighted by molar-refractivity contribution is 8.00. The fourth-order valence-corrected chi connectivity index (χ4v) is 2.72. The third-order valence-corrected chi connectivity index (χ3v) is 3.64. The lowest BCUT2D eigenvalue weighted by Crippen LogP contribution is -2.06. The van der Waals surface area contributed by atoms with Gasteiger partial charge in [-0.3, -0.25) is 4.57 Å². The van der Waals surface area contributed by atoms with Gasteiger partial charge in [-0.15, -0.1) is 0 Å². The summed E-state index contributed by atoms with van der Waals surface area (Å²) in [4.78, 5) is 7.90. The van der Waals surface area contributed by atoms with Crippen molar-refractivity contribution in [2.24, 2.45) is 0 Å². The van der Waals surface area contributed by atoms with Crippen molar-refractivity contribution in [2.75, 3.05) is 5.73 Å². The summed E-state index contributed by atoms with van der Waals surface area (Å²) >= 11 is -0.247. The molecule has 3 rings (SSSR count). The van der Waals surface area contributed by atoms with E-state index in [0.29, 0.717) is 5.52 Å². The molecule has 0 aliphatic heterocycles. The van der Waals surface area contributed by atoms with Gasteiger partial charge >= 0.3 is 5.51 Å². The summed E-state index contributed by atoms with van der Waals surface area (Å²) in [6.07, 6.45) is 0.